The van der Waals surface area contributed by atoms with Crippen molar-refractivity contribution in [2.45, 2.75) is 64.3 Å². The molecule has 1 heterocycles. The molecule has 5 aliphatic rings. The van der Waals surface area contributed by atoms with Gasteiger partial charge in [-0.25, -0.2) is 5.43 Å². The zero-order valence-corrected chi connectivity index (χ0v) is 16.1. The summed E-state index contributed by atoms with van der Waals surface area (Å²) in [6, 6.07) is 0.310. The smallest absolute Gasteiger partial charge is 0.329 e. The maximum atomic E-state index is 12.5. The topological polar surface area (TPSA) is 90.9 Å². The minimum atomic E-state index is -0.724. The molecule has 27 heavy (non-hydrogen) atoms. The number of likely N-dealkylation sites (tertiary alicyclic amines) is 1. The number of nitrogens with zero attached hydrogens (tertiary/aromatic N) is 2. The molecule has 4 saturated carbocycles. The van der Waals surface area contributed by atoms with E-state index < -0.39 is 11.8 Å². The van der Waals surface area contributed by atoms with E-state index in [4.69, 9.17) is 0 Å². The van der Waals surface area contributed by atoms with Crippen LogP contribution in [0.3, 0.4) is 0 Å². The zero-order chi connectivity index (χ0) is 19.0. The SMILES string of the molecule is C/C(CC(=O)NC1C2CC3CC(C2)CC1C3)=N\NC(=O)C(=O)N1CCCC1. The van der Waals surface area contributed by atoms with E-state index in [1.807, 2.05) is 0 Å². The monoisotopic (exact) mass is 374 g/mol. The molecule has 0 aromatic rings. The lowest BCUT2D eigenvalue weighted by atomic mass is 9.54. The van der Waals surface area contributed by atoms with Crippen LogP contribution in [0, 0.1) is 23.7 Å². The molecule has 7 heteroatoms. The first-order chi connectivity index (χ1) is 13.0. The first-order valence-electron chi connectivity index (χ1n) is 10.4. The number of hydrazone groups is 1. The predicted octanol–water partition coefficient (Wildman–Crippen LogP) is 1.43. The summed E-state index contributed by atoms with van der Waals surface area (Å²) in [5.74, 6) is 1.74. The standard InChI is InChI=1S/C20H30N4O3/c1-12(22-23-19(26)20(27)24-4-2-3-5-24)6-17(25)21-18-15-8-13-7-14(10-15)11-16(18)9-13/h13-16,18H,2-11H2,1H3,(H,21,25)(H,23,26)/b22-12+. The van der Waals surface area contributed by atoms with Gasteiger partial charge in [0.05, 0.1) is 6.42 Å². The number of nitrogens with one attached hydrogen (secondary N) is 2. The fourth-order valence-corrected chi connectivity index (χ4v) is 5.93. The zero-order valence-electron chi connectivity index (χ0n) is 16.1. The van der Waals surface area contributed by atoms with Gasteiger partial charge in [-0.15, -0.1) is 0 Å². The second-order valence-corrected chi connectivity index (χ2v) is 8.99. The van der Waals surface area contributed by atoms with E-state index in [1.165, 1.54) is 32.1 Å². The van der Waals surface area contributed by atoms with Crippen LogP contribution in [0.1, 0.15) is 58.3 Å². The Bertz CT molecular complexity index is 626. The van der Waals surface area contributed by atoms with Crippen molar-refractivity contribution in [1.29, 1.82) is 0 Å². The molecule has 0 radical (unpaired) electrons. The van der Waals surface area contributed by atoms with Crippen molar-refractivity contribution in [3.8, 4) is 0 Å². The Balaban J connectivity index is 1.24. The normalized spacial score (nSPS) is 34.6. The first-order valence-corrected chi connectivity index (χ1v) is 10.4. The summed E-state index contributed by atoms with van der Waals surface area (Å²) in [5.41, 5.74) is 2.81. The number of hydrogen-bond donors (Lipinski definition) is 2. The summed E-state index contributed by atoms with van der Waals surface area (Å²) in [5, 5.41) is 7.19. The van der Waals surface area contributed by atoms with E-state index in [-0.39, 0.29) is 12.3 Å². The Morgan fingerprint density at radius 2 is 1.56 bits per heavy atom. The third-order valence-corrected chi connectivity index (χ3v) is 6.91. The average molecular weight is 374 g/mol. The van der Waals surface area contributed by atoms with E-state index in [2.05, 4.69) is 15.8 Å². The van der Waals surface area contributed by atoms with Crippen LogP contribution in [0.25, 0.3) is 0 Å². The summed E-state index contributed by atoms with van der Waals surface area (Å²) < 4.78 is 0. The van der Waals surface area contributed by atoms with Gasteiger partial charge < -0.3 is 10.2 Å². The molecule has 3 amide bonds. The Morgan fingerprint density at radius 1 is 0.963 bits per heavy atom. The summed E-state index contributed by atoms with van der Waals surface area (Å²) in [6.45, 7) is 2.96. The van der Waals surface area contributed by atoms with Crippen LogP contribution in [0.5, 0.6) is 0 Å². The van der Waals surface area contributed by atoms with Crippen molar-refractivity contribution in [2.24, 2.45) is 28.8 Å². The number of rotatable bonds is 4. The van der Waals surface area contributed by atoms with E-state index in [1.54, 1.807) is 11.8 Å². The second-order valence-electron chi connectivity index (χ2n) is 8.99. The molecule has 0 atom stereocenters. The van der Waals surface area contributed by atoms with Crippen LogP contribution in [0.4, 0.5) is 0 Å². The van der Waals surface area contributed by atoms with Crippen LogP contribution in [-0.4, -0.2) is 47.5 Å². The molecule has 4 aliphatic carbocycles. The number of amides is 3. The Kier molecular flexibility index (Phi) is 5.19. The van der Waals surface area contributed by atoms with Gasteiger partial charge in [0, 0.05) is 24.8 Å². The lowest BCUT2D eigenvalue weighted by Crippen LogP contribution is -2.56. The Morgan fingerprint density at radius 3 is 2.15 bits per heavy atom. The maximum absolute atomic E-state index is 12.5. The van der Waals surface area contributed by atoms with E-state index in [0.717, 1.165) is 24.7 Å². The average Bonchev–Trinajstić information content (AvgIpc) is 3.16. The van der Waals surface area contributed by atoms with Gasteiger partial charge in [0.15, 0.2) is 0 Å². The van der Waals surface area contributed by atoms with Crippen molar-refractivity contribution in [3.05, 3.63) is 0 Å². The van der Waals surface area contributed by atoms with Crippen LogP contribution in [0.15, 0.2) is 5.10 Å². The third-order valence-electron chi connectivity index (χ3n) is 6.91. The van der Waals surface area contributed by atoms with Gasteiger partial charge >= 0.3 is 11.8 Å². The molecule has 0 unspecified atom stereocenters. The highest BCUT2D eigenvalue weighted by Gasteiger charge is 2.48. The number of carbonyl (C=O) groups is 3. The lowest BCUT2D eigenvalue weighted by Gasteiger charge is -2.54. The highest BCUT2D eigenvalue weighted by atomic mass is 16.2. The van der Waals surface area contributed by atoms with Crippen LogP contribution >= 0.6 is 0 Å². The molecule has 0 aromatic carbocycles. The van der Waals surface area contributed by atoms with Crippen molar-refractivity contribution < 1.29 is 14.4 Å². The largest absolute Gasteiger partial charge is 0.352 e. The fraction of sp³-hybridized carbons (Fsp3) is 0.800. The van der Waals surface area contributed by atoms with Gasteiger partial charge in [-0.2, -0.15) is 5.10 Å². The molecule has 4 bridgehead atoms. The lowest BCUT2D eigenvalue weighted by molar-refractivity contribution is -0.145. The Labute approximate surface area is 160 Å². The first kappa shape index (κ1) is 18.4. The van der Waals surface area contributed by atoms with Gasteiger partial charge in [-0.3, -0.25) is 14.4 Å². The molecule has 1 aliphatic heterocycles. The van der Waals surface area contributed by atoms with Gasteiger partial charge in [-0.05, 0) is 75.5 Å². The van der Waals surface area contributed by atoms with Crippen LogP contribution < -0.4 is 10.7 Å². The Hall–Kier alpha value is -1.92. The molecule has 2 N–H and O–H groups in total. The molecule has 5 fully saturated rings. The highest BCUT2D eigenvalue weighted by molar-refractivity contribution is 6.35. The van der Waals surface area contributed by atoms with Gasteiger partial charge in [-0.1, -0.05) is 0 Å². The van der Waals surface area contributed by atoms with Gasteiger partial charge in [0.2, 0.25) is 5.91 Å². The van der Waals surface area contributed by atoms with Crippen molar-refractivity contribution in [1.82, 2.24) is 15.6 Å². The minimum Gasteiger partial charge on any atom is -0.352 e. The molecule has 7 nitrogen and oxygen atoms in total. The van der Waals surface area contributed by atoms with E-state index in [0.29, 0.717) is 36.7 Å². The number of carbonyl (C=O) groups excluding carboxylic acids is 3. The third kappa shape index (κ3) is 4.01. The van der Waals surface area contributed by atoms with Gasteiger partial charge in [0.1, 0.15) is 0 Å². The maximum Gasteiger partial charge on any atom is 0.329 e. The summed E-state index contributed by atoms with van der Waals surface area (Å²) in [4.78, 5) is 37.8. The summed E-state index contributed by atoms with van der Waals surface area (Å²) >= 11 is 0. The van der Waals surface area contributed by atoms with Crippen molar-refractivity contribution in [2.75, 3.05) is 13.1 Å². The number of hydrogen-bond acceptors (Lipinski definition) is 4. The molecule has 148 valence electrons. The minimum absolute atomic E-state index is 0.0335. The predicted molar refractivity (Wildman–Crippen MR) is 101 cm³/mol. The van der Waals surface area contributed by atoms with E-state index >= 15 is 0 Å². The molecule has 1 saturated heterocycles. The summed E-state index contributed by atoms with van der Waals surface area (Å²) in [6.07, 6.45) is 8.48. The van der Waals surface area contributed by atoms with Crippen LogP contribution in [0.2, 0.25) is 0 Å². The van der Waals surface area contributed by atoms with Gasteiger partial charge in [0.25, 0.3) is 0 Å². The quantitative estimate of drug-likeness (QED) is 0.443. The second kappa shape index (κ2) is 7.60. The molecule has 0 spiro atoms. The molecular weight excluding hydrogens is 344 g/mol. The fourth-order valence-electron chi connectivity index (χ4n) is 5.93. The van der Waals surface area contributed by atoms with E-state index in [9.17, 15) is 14.4 Å². The van der Waals surface area contributed by atoms with Crippen molar-refractivity contribution >= 4 is 23.4 Å². The van der Waals surface area contributed by atoms with Crippen LogP contribution in [-0.2, 0) is 14.4 Å². The molecule has 0 aromatic heterocycles. The van der Waals surface area contributed by atoms with Crippen molar-refractivity contribution in [3.63, 3.8) is 0 Å². The molecule has 5 rings (SSSR count). The highest BCUT2D eigenvalue weighted by Crippen LogP contribution is 2.53. The summed E-state index contributed by atoms with van der Waals surface area (Å²) in [7, 11) is 0. The molecular formula is C20H30N4O3.